The molecule has 7 heteroatoms. The highest BCUT2D eigenvalue weighted by Crippen LogP contribution is 2.32. The molecule has 0 saturated heterocycles. The second kappa shape index (κ2) is 7.87. The Morgan fingerprint density at radius 2 is 1.90 bits per heavy atom. The van der Waals surface area contributed by atoms with Gasteiger partial charge >= 0.3 is 0 Å². The van der Waals surface area contributed by atoms with Crippen molar-refractivity contribution < 1.29 is 14.3 Å². The van der Waals surface area contributed by atoms with E-state index >= 15 is 0 Å². The average molecular weight is 410 g/mol. The van der Waals surface area contributed by atoms with E-state index in [0.29, 0.717) is 28.5 Å². The van der Waals surface area contributed by atoms with Crippen molar-refractivity contribution in [2.24, 2.45) is 5.10 Å². The number of hydrogen-bond acceptors (Lipinski definition) is 6. The first-order valence-corrected chi connectivity index (χ1v) is 9.74. The van der Waals surface area contributed by atoms with Crippen molar-refractivity contribution in [2.75, 3.05) is 6.79 Å². The summed E-state index contributed by atoms with van der Waals surface area (Å²) < 4.78 is 10.7. The van der Waals surface area contributed by atoms with Crippen LogP contribution in [0.1, 0.15) is 22.8 Å². The van der Waals surface area contributed by atoms with Crippen LogP contribution >= 0.6 is 0 Å². The quantitative estimate of drug-likeness (QED) is 0.403. The SMILES string of the molecule is C/C(=N/NC(=O)c1cc(-c2cccnc2)nc2ccccc12)c1ccc2c(c1)OCO2. The molecule has 2 aromatic heterocycles. The minimum absolute atomic E-state index is 0.208. The van der Waals surface area contributed by atoms with Gasteiger partial charge in [0.2, 0.25) is 6.79 Å². The van der Waals surface area contributed by atoms with Gasteiger partial charge in [0.15, 0.2) is 11.5 Å². The van der Waals surface area contributed by atoms with Crippen LogP contribution in [0, 0.1) is 0 Å². The summed E-state index contributed by atoms with van der Waals surface area (Å²) >= 11 is 0. The minimum atomic E-state index is -0.316. The molecule has 0 unspecified atom stereocenters. The van der Waals surface area contributed by atoms with E-state index in [4.69, 9.17) is 9.47 Å². The molecule has 0 bridgehead atoms. The van der Waals surface area contributed by atoms with Crippen LogP contribution in [0.3, 0.4) is 0 Å². The number of nitrogens with zero attached hydrogens (tertiary/aromatic N) is 3. The van der Waals surface area contributed by atoms with E-state index in [2.05, 4.69) is 20.5 Å². The molecule has 0 fully saturated rings. The van der Waals surface area contributed by atoms with Gasteiger partial charge in [-0.15, -0.1) is 0 Å². The summed E-state index contributed by atoms with van der Waals surface area (Å²) in [4.78, 5) is 21.9. The fourth-order valence-electron chi connectivity index (χ4n) is 3.41. The normalized spacial score (nSPS) is 12.7. The van der Waals surface area contributed by atoms with Crippen LogP contribution in [-0.4, -0.2) is 28.4 Å². The van der Waals surface area contributed by atoms with Gasteiger partial charge in [0, 0.05) is 28.9 Å². The Labute approximate surface area is 178 Å². The minimum Gasteiger partial charge on any atom is -0.454 e. The molecule has 1 N–H and O–H groups in total. The summed E-state index contributed by atoms with van der Waals surface area (Å²) in [7, 11) is 0. The standard InChI is InChI=1S/C24H18N4O3/c1-15(16-8-9-22-23(11-16)31-14-30-22)27-28-24(29)19-12-21(17-5-4-10-25-13-17)26-20-7-3-2-6-18(19)20/h2-13H,14H2,1H3,(H,28,29)/b27-15-. The molecule has 5 rings (SSSR count). The van der Waals surface area contributed by atoms with Gasteiger partial charge in [-0.25, -0.2) is 10.4 Å². The van der Waals surface area contributed by atoms with Gasteiger partial charge in [0.05, 0.1) is 22.5 Å². The largest absolute Gasteiger partial charge is 0.454 e. The molecule has 0 radical (unpaired) electrons. The van der Waals surface area contributed by atoms with Crippen LogP contribution in [0.4, 0.5) is 0 Å². The highest BCUT2D eigenvalue weighted by Gasteiger charge is 2.16. The third kappa shape index (κ3) is 3.69. The van der Waals surface area contributed by atoms with Crippen LogP contribution < -0.4 is 14.9 Å². The van der Waals surface area contributed by atoms with E-state index < -0.39 is 0 Å². The lowest BCUT2D eigenvalue weighted by Gasteiger charge is -2.09. The number of para-hydroxylation sites is 1. The summed E-state index contributed by atoms with van der Waals surface area (Å²) in [5.41, 5.74) is 6.88. The molecule has 7 nitrogen and oxygen atoms in total. The molecule has 2 aromatic carbocycles. The Kier molecular flexibility index (Phi) is 4.76. The molecular formula is C24H18N4O3. The van der Waals surface area contributed by atoms with Gasteiger partial charge in [-0.05, 0) is 49.4 Å². The van der Waals surface area contributed by atoms with Gasteiger partial charge in [-0.3, -0.25) is 9.78 Å². The lowest BCUT2D eigenvalue weighted by atomic mass is 10.0. The number of carbonyl (C=O) groups excluding carboxylic acids is 1. The molecule has 0 saturated carbocycles. The number of carbonyl (C=O) groups is 1. The van der Waals surface area contributed by atoms with Crippen molar-refractivity contribution >= 4 is 22.5 Å². The Hall–Kier alpha value is -4.26. The van der Waals surface area contributed by atoms with Crippen molar-refractivity contribution in [1.29, 1.82) is 0 Å². The third-order valence-corrected chi connectivity index (χ3v) is 5.03. The first-order chi connectivity index (χ1) is 15.2. The molecule has 4 aromatic rings. The number of hydrogen-bond donors (Lipinski definition) is 1. The molecule has 0 spiro atoms. The smallest absolute Gasteiger partial charge is 0.272 e. The first kappa shape index (κ1) is 18.7. The van der Waals surface area contributed by atoms with Crippen LogP contribution in [-0.2, 0) is 0 Å². The number of hydrazone groups is 1. The molecule has 3 heterocycles. The second-order valence-corrected chi connectivity index (χ2v) is 7.02. The molecule has 31 heavy (non-hydrogen) atoms. The maximum Gasteiger partial charge on any atom is 0.272 e. The number of rotatable bonds is 4. The highest BCUT2D eigenvalue weighted by molar-refractivity contribution is 6.08. The Morgan fingerprint density at radius 3 is 2.77 bits per heavy atom. The van der Waals surface area contributed by atoms with Crippen molar-refractivity contribution in [2.45, 2.75) is 6.92 Å². The number of benzene rings is 2. The molecular weight excluding hydrogens is 392 g/mol. The maximum absolute atomic E-state index is 13.1. The summed E-state index contributed by atoms with van der Waals surface area (Å²) in [5.74, 6) is 1.05. The first-order valence-electron chi connectivity index (χ1n) is 9.74. The summed E-state index contributed by atoms with van der Waals surface area (Å²) in [6, 6.07) is 18.6. The zero-order chi connectivity index (χ0) is 21.2. The van der Waals surface area contributed by atoms with Gasteiger partial charge in [0.25, 0.3) is 5.91 Å². The molecule has 1 amide bonds. The molecule has 0 atom stereocenters. The van der Waals surface area contributed by atoms with Gasteiger partial charge in [-0.1, -0.05) is 18.2 Å². The van der Waals surface area contributed by atoms with Gasteiger partial charge in [0.1, 0.15) is 0 Å². The fraction of sp³-hybridized carbons (Fsp3) is 0.0833. The molecule has 152 valence electrons. The van der Waals surface area contributed by atoms with E-state index in [9.17, 15) is 4.79 Å². The number of amides is 1. The van der Waals surface area contributed by atoms with Crippen molar-refractivity contribution in [3.63, 3.8) is 0 Å². The number of aromatic nitrogens is 2. The highest BCUT2D eigenvalue weighted by atomic mass is 16.7. The number of fused-ring (bicyclic) bond motifs is 2. The average Bonchev–Trinajstić information content (AvgIpc) is 3.30. The predicted octanol–water partition coefficient (Wildman–Crippen LogP) is 4.18. The van der Waals surface area contributed by atoms with E-state index in [1.807, 2.05) is 61.5 Å². The second-order valence-electron chi connectivity index (χ2n) is 7.02. The number of ether oxygens (including phenoxy) is 2. The third-order valence-electron chi connectivity index (χ3n) is 5.03. The zero-order valence-corrected chi connectivity index (χ0v) is 16.7. The maximum atomic E-state index is 13.1. The van der Waals surface area contributed by atoms with E-state index in [1.165, 1.54) is 0 Å². The van der Waals surface area contributed by atoms with E-state index in [-0.39, 0.29) is 12.7 Å². The van der Waals surface area contributed by atoms with Crippen LogP contribution in [0.25, 0.3) is 22.2 Å². The lowest BCUT2D eigenvalue weighted by molar-refractivity contribution is 0.0956. The molecule has 0 aliphatic carbocycles. The van der Waals surface area contributed by atoms with Gasteiger partial charge in [-0.2, -0.15) is 5.10 Å². The van der Waals surface area contributed by atoms with Crippen molar-refractivity contribution in [3.05, 3.63) is 84.2 Å². The van der Waals surface area contributed by atoms with E-state index in [1.54, 1.807) is 18.5 Å². The summed E-state index contributed by atoms with van der Waals surface area (Å²) in [6.45, 7) is 2.03. The summed E-state index contributed by atoms with van der Waals surface area (Å²) in [6.07, 6.45) is 3.42. The fourth-order valence-corrected chi connectivity index (χ4v) is 3.41. The van der Waals surface area contributed by atoms with Crippen LogP contribution in [0.2, 0.25) is 0 Å². The van der Waals surface area contributed by atoms with E-state index in [0.717, 1.165) is 22.0 Å². The number of pyridine rings is 2. The predicted molar refractivity (Wildman–Crippen MR) is 117 cm³/mol. The van der Waals surface area contributed by atoms with Crippen molar-refractivity contribution in [1.82, 2.24) is 15.4 Å². The molecule has 1 aliphatic rings. The van der Waals surface area contributed by atoms with Crippen molar-refractivity contribution in [3.8, 4) is 22.8 Å². The van der Waals surface area contributed by atoms with Crippen LogP contribution in [0.5, 0.6) is 11.5 Å². The zero-order valence-electron chi connectivity index (χ0n) is 16.7. The Balaban J connectivity index is 1.47. The topological polar surface area (TPSA) is 85.7 Å². The monoisotopic (exact) mass is 410 g/mol. The molecule has 1 aliphatic heterocycles. The lowest BCUT2D eigenvalue weighted by Crippen LogP contribution is -2.20. The number of nitrogens with one attached hydrogen (secondary N) is 1. The summed E-state index contributed by atoms with van der Waals surface area (Å²) in [5, 5.41) is 5.05. The Morgan fingerprint density at radius 1 is 1.03 bits per heavy atom. The Bertz CT molecular complexity index is 1320. The van der Waals surface area contributed by atoms with Crippen LogP contribution in [0.15, 0.2) is 78.2 Å². The van der Waals surface area contributed by atoms with Gasteiger partial charge < -0.3 is 9.47 Å².